The summed E-state index contributed by atoms with van der Waals surface area (Å²) in [4.78, 5) is 17.5. The maximum atomic E-state index is 11.9. The lowest BCUT2D eigenvalue weighted by Gasteiger charge is -2.06. The van der Waals surface area contributed by atoms with E-state index < -0.39 is 0 Å². The summed E-state index contributed by atoms with van der Waals surface area (Å²) in [7, 11) is 0. The highest BCUT2D eigenvalue weighted by molar-refractivity contribution is 7.16. The van der Waals surface area contributed by atoms with Gasteiger partial charge >= 0.3 is 0 Å². The molecule has 1 heterocycles. The molecular weight excluding hydrogens is 292 g/mol. The summed E-state index contributed by atoms with van der Waals surface area (Å²) in [5.41, 5.74) is 1.90. The lowest BCUT2D eigenvalue weighted by molar-refractivity contribution is -0.119. The van der Waals surface area contributed by atoms with Crippen LogP contribution in [0.25, 0.3) is 11.3 Å². The van der Waals surface area contributed by atoms with Crippen LogP contribution in [-0.4, -0.2) is 10.9 Å². The van der Waals surface area contributed by atoms with Crippen LogP contribution in [0, 0.1) is 12.8 Å². The van der Waals surface area contributed by atoms with Crippen molar-refractivity contribution in [2.24, 2.45) is 5.92 Å². The fourth-order valence-corrected chi connectivity index (χ4v) is 2.70. The number of amides is 1. The van der Waals surface area contributed by atoms with Crippen molar-refractivity contribution < 1.29 is 4.79 Å². The minimum absolute atomic E-state index is 0.00168. The molecule has 2 aromatic rings. The van der Waals surface area contributed by atoms with Gasteiger partial charge in [-0.2, -0.15) is 0 Å². The summed E-state index contributed by atoms with van der Waals surface area (Å²) >= 11 is 7.38. The molecule has 0 saturated carbocycles. The summed E-state index contributed by atoms with van der Waals surface area (Å²) in [5.74, 6) is 0.0158. The van der Waals surface area contributed by atoms with Crippen LogP contribution in [0.4, 0.5) is 5.13 Å². The third kappa shape index (κ3) is 3.38. The van der Waals surface area contributed by atoms with E-state index in [0.29, 0.717) is 10.2 Å². The Morgan fingerprint density at radius 1 is 1.40 bits per heavy atom. The van der Waals surface area contributed by atoms with E-state index >= 15 is 0 Å². The Hall–Kier alpha value is -1.39. The van der Waals surface area contributed by atoms with E-state index in [0.717, 1.165) is 22.6 Å². The SMILES string of the molecule is CCC(C)C(=O)Nc1nc(-c2ccc(Cl)cc2)c(C)s1. The second kappa shape index (κ2) is 6.37. The van der Waals surface area contributed by atoms with Gasteiger partial charge in [-0.05, 0) is 25.5 Å². The number of thiazole rings is 1. The topological polar surface area (TPSA) is 42.0 Å². The molecule has 5 heteroatoms. The van der Waals surface area contributed by atoms with E-state index in [1.54, 1.807) is 0 Å². The van der Waals surface area contributed by atoms with Crippen LogP contribution in [0.1, 0.15) is 25.1 Å². The van der Waals surface area contributed by atoms with Crippen LogP contribution in [-0.2, 0) is 4.79 Å². The van der Waals surface area contributed by atoms with Gasteiger partial charge in [0.2, 0.25) is 5.91 Å². The van der Waals surface area contributed by atoms with Gasteiger partial charge in [0.05, 0.1) is 5.69 Å². The average Bonchev–Trinajstić information content (AvgIpc) is 2.79. The van der Waals surface area contributed by atoms with Gasteiger partial charge in [-0.3, -0.25) is 4.79 Å². The molecule has 0 aliphatic carbocycles. The summed E-state index contributed by atoms with van der Waals surface area (Å²) in [5, 5.41) is 4.23. The second-order valence-electron chi connectivity index (χ2n) is 4.73. The van der Waals surface area contributed by atoms with E-state index in [9.17, 15) is 4.79 Å². The fraction of sp³-hybridized carbons (Fsp3) is 0.333. The lowest BCUT2D eigenvalue weighted by Crippen LogP contribution is -2.19. The zero-order valence-electron chi connectivity index (χ0n) is 11.7. The molecule has 3 nitrogen and oxygen atoms in total. The maximum Gasteiger partial charge on any atom is 0.228 e. The van der Waals surface area contributed by atoms with Crippen molar-refractivity contribution in [3.8, 4) is 11.3 Å². The molecule has 1 atom stereocenters. The first-order chi connectivity index (χ1) is 9.51. The Labute approximate surface area is 128 Å². The minimum atomic E-state index is -0.00168. The van der Waals surface area contributed by atoms with Crippen LogP contribution in [0.15, 0.2) is 24.3 Å². The largest absolute Gasteiger partial charge is 0.302 e. The van der Waals surface area contributed by atoms with Crippen molar-refractivity contribution in [2.75, 3.05) is 5.32 Å². The first-order valence-corrected chi connectivity index (χ1v) is 7.75. The molecule has 2 rings (SSSR count). The van der Waals surface area contributed by atoms with Crippen LogP contribution in [0.2, 0.25) is 5.02 Å². The Morgan fingerprint density at radius 3 is 2.65 bits per heavy atom. The van der Waals surface area contributed by atoms with Gasteiger partial charge < -0.3 is 5.32 Å². The standard InChI is InChI=1S/C15H17ClN2OS/c1-4-9(2)14(19)18-15-17-13(10(3)20-15)11-5-7-12(16)8-6-11/h5-9H,4H2,1-3H3,(H,17,18,19). The van der Waals surface area contributed by atoms with Gasteiger partial charge in [0.15, 0.2) is 5.13 Å². The molecule has 1 aromatic carbocycles. The Morgan fingerprint density at radius 2 is 2.05 bits per heavy atom. The fourth-order valence-electron chi connectivity index (χ4n) is 1.74. The molecule has 1 aromatic heterocycles. The summed E-state index contributed by atoms with van der Waals surface area (Å²) in [6.45, 7) is 5.91. The lowest BCUT2D eigenvalue weighted by atomic mass is 10.1. The van der Waals surface area contributed by atoms with Crippen LogP contribution in [0.3, 0.4) is 0 Å². The summed E-state index contributed by atoms with van der Waals surface area (Å²) < 4.78 is 0. The number of nitrogens with one attached hydrogen (secondary N) is 1. The van der Waals surface area contributed by atoms with Gasteiger partial charge in [0, 0.05) is 21.4 Å². The first-order valence-electron chi connectivity index (χ1n) is 6.55. The highest BCUT2D eigenvalue weighted by Gasteiger charge is 2.15. The van der Waals surface area contributed by atoms with Crippen LogP contribution in [0.5, 0.6) is 0 Å². The van der Waals surface area contributed by atoms with Crippen molar-refractivity contribution >= 4 is 34.0 Å². The number of halogens is 1. The van der Waals surface area contributed by atoms with Gasteiger partial charge in [-0.1, -0.05) is 37.6 Å². The molecule has 0 fully saturated rings. The molecule has 0 radical (unpaired) electrons. The number of hydrogen-bond acceptors (Lipinski definition) is 3. The normalized spacial score (nSPS) is 12.2. The van der Waals surface area contributed by atoms with Crippen LogP contribution < -0.4 is 5.32 Å². The van der Waals surface area contributed by atoms with Crippen molar-refractivity contribution in [1.82, 2.24) is 4.98 Å². The smallest absolute Gasteiger partial charge is 0.228 e. The number of hydrogen-bond donors (Lipinski definition) is 1. The molecule has 0 spiro atoms. The summed E-state index contributed by atoms with van der Waals surface area (Å²) in [6.07, 6.45) is 0.820. The van der Waals surface area contributed by atoms with Crippen molar-refractivity contribution in [2.45, 2.75) is 27.2 Å². The number of nitrogens with zero attached hydrogens (tertiary/aromatic N) is 1. The van der Waals surface area contributed by atoms with Gasteiger partial charge in [-0.25, -0.2) is 4.98 Å². The van der Waals surface area contributed by atoms with Gasteiger partial charge in [0.1, 0.15) is 0 Å². The molecule has 0 aliphatic rings. The van der Waals surface area contributed by atoms with Gasteiger partial charge in [-0.15, -0.1) is 11.3 Å². The molecule has 20 heavy (non-hydrogen) atoms. The molecule has 0 saturated heterocycles. The monoisotopic (exact) mass is 308 g/mol. The van der Waals surface area contributed by atoms with E-state index in [2.05, 4.69) is 10.3 Å². The van der Waals surface area contributed by atoms with E-state index in [1.807, 2.05) is 45.0 Å². The zero-order chi connectivity index (χ0) is 14.7. The molecule has 1 N–H and O–H groups in total. The van der Waals surface area contributed by atoms with Crippen molar-refractivity contribution in [3.05, 3.63) is 34.2 Å². The highest BCUT2D eigenvalue weighted by Crippen LogP contribution is 2.31. The Bertz CT molecular complexity index is 607. The Kier molecular flexibility index (Phi) is 4.78. The number of benzene rings is 1. The number of aryl methyl sites for hydroxylation is 1. The third-order valence-corrected chi connectivity index (χ3v) is 4.34. The molecular formula is C15H17ClN2OS. The number of aromatic nitrogens is 1. The quantitative estimate of drug-likeness (QED) is 0.885. The number of anilines is 1. The van der Waals surface area contributed by atoms with Crippen molar-refractivity contribution in [3.63, 3.8) is 0 Å². The maximum absolute atomic E-state index is 11.9. The molecule has 106 valence electrons. The molecule has 0 aliphatic heterocycles. The zero-order valence-corrected chi connectivity index (χ0v) is 13.3. The first kappa shape index (κ1) is 15.0. The molecule has 0 bridgehead atoms. The number of carbonyl (C=O) groups excluding carboxylic acids is 1. The predicted molar refractivity (Wildman–Crippen MR) is 85.4 cm³/mol. The number of carbonyl (C=O) groups is 1. The van der Waals surface area contributed by atoms with E-state index in [1.165, 1.54) is 11.3 Å². The summed E-state index contributed by atoms with van der Waals surface area (Å²) in [6, 6.07) is 7.55. The predicted octanol–water partition coefficient (Wildman–Crippen LogP) is 4.76. The van der Waals surface area contributed by atoms with Crippen LogP contribution >= 0.6 is 22.9 Å². The number of rotatable bonds is 4. The minimum Gasteiger partial charge on any atom is -0.302 e. The van der Waals surface area contributed by atoms with Gasteiger partial charge in [0.25, 0.3) is 0 Å². The third-order valence-electron chi connectivity index (χ3n) is 3.20. The average molecular weight is 309 g/mol. The van der Waals surface area contributed by atoms with E-state index in [4.69, 9.17) is 11.6 Å². The second-order valence-corrected chi connectivity index (χ2v) is 6.37. The highest BCUT2D eigenvalue weighted by atomic mass is 35.5. The Balaban J connectivity index is 2.21. The van der Waals surface area contributed by atoms with Crippen molar-refractivity contribution in [1.29, 1.82) is 0 Å². The molecule has 1 unspecified atom stereocenters. The molecule has 1 amide bonds. The van der Waals surface area contributed by atoms with E-state index in [-0.39, 0.29) is 11.8 Å².